The summed E-state index contributed by atoms with van der Waals surface area (Å²) in [7, 11) is 0. The minimum absolute atomic E-state index is 0.146. The van der Waals surface area contributed by atoms with Crippen molar-refractivity contribution in [3.05, 3.63) is 84.7 Å². The van der Waals surface area contributed by atoms with Crippen LogP contribution in [0, 0.1) is 0 Å². The molecule has 1 aliphatic heterocycles. The maximum atomic E-state index is 13.2. The average Bonchev–Trinajstić information content (AvgIpc) is 3.34. The maximum Gasteiger partial charge on any atom is 0.256 e. The zero-order chi connectivity index (χ0) is 20.3. The van der Waals surface area contributed by atoms with Crippen LogP contribution in [0.15, 0.2) is 79.1 Å². The van der Waals surface area contributed by atoms with E-state index < -0.39 is 0 Å². The fourth-order valence-corrected chi connectivity index (χ4v) is 3.95. The maximum absolute atomic E-state index is 13.2. The summed E-state index contributed by atoms with van der Waals surface area (Å²) in [6.07, 6.45) is 5.97. The number of hydrogen-bond acceptors (Lipinski definition) is 4. The number of pyridine rings is 2. The minimum Gasteiger partial charge on any atom is -0.372 e. The van der Waals surface area contributed by atoms with Crippen molar-refractivity contribution >= 4 is 28.2 Å². The molecule has 148 valence electrons. The van der Waals surface area contributed by atoms with Gasteiger partial charge in [0.15, 0.2) is 0 Å². The van der Waals surface area contributed by atoms with Gasteiger partial charge in [-0.05, 0) is 61.4 Å². The van der Waals surface area contributed by atoms with E-state index in [4.69, 9.17) is 4.98 Å². The molecule has 2 aromatic carbocycles. The molecule has 1 amide bonds. The molecule has 0 saturated carbocycles. The first-order chi connectivity index (χ1) is 14.8. The van der Waals surface area contributed by atoms with Gasteiger partial charge in [-0.3, -0.25) is 9.78 Å². The van der Waals surface area contributed by atoms with Gasteiger partial charge in [-0.25, -0.2) is 4.98 Å². The molecule has 5 nitrogen and oxygen atoms in total. The fraction of sp³-hybridized carbons (Fsp3) is 0.160. The SMILES string of the molecule is O=C(Nc1ccc(N2CCCC2)cc1)c1cc(-c2cccnc2)nc2ccccc12. The molecular formula is C25H22N4O. The normalized spacial score (nSPS) is 13.5. The number of carbonyl (C=O) groups excluding carboxylic acids is 1. The van der Waals surface area contributed by atoms with Crippen LogP contribution in [-0.4, -0.2) is 29.0 Å². The Morgan fingerprint density at radius 2 is 1.73 bits per heavy atom. The van der Waals surface area contributed by atoms with Crippen LogP contribution in [0.2, 0.25) is 0 Å². The number of fused-ring (bicyclic) bond motifs is 1. The first-order valence-electron chi connectivity index (χ1n) is 10.2. The Labute approximate surface area is 175 Å². The summed E-state index contributed by atoms with van der Waals surface area (Å²) in [5.74, 6) is -0.146. The quantitative estimate of drug-likeness (QED) is 0.520. The van der Waals surface area contributed by atoms with Gasteiger partial charge in [-0.2, -0.15) is 0 Å². The van der Waals surface area contributed by atoms with E-state index in [1.165, 1.54) is 18.5 Å². The highest BCUT2D eigenvalue weighted by Gasteiger charge is 2.15. The summed E-state index contributed by atoms with van der Waals surface area (Å²) in [6, 6.07) is 21.5. The summed E-state index contributed by atoms with van der Waals surface area (Å²) in [4.78, 5) is 24.5. The summed E-state index contributed by atoms with van der Waals surface area (Å²) in [5.41, 5.74) is 4.99. The van der Waals surface area contributed by atoms with Crippen LogP contribution in [-0.2, 0) is 0 Å². The van der Waals surface area contributed by atoms with Crippen molar-refractivity contribution in [1.82, 2.24) is 9.97 Å². The fourth-order valence-electron chi connectivity index (χ4n) is 3.95. The molecule has 0 spiro atoms. The van der Waals surface area contributed by atoms with Crippen LogP contribution < -0.4 is 10.2 Å². The van der Waals surface area contributed by atoms with Gasteiger partial charge in [0.05, 0.1) is 16.8 Å². The first kappa shape index (κ1) is 18.3. The predicted molar refractivity (Wildman–Crippen MR) is 121 cm³/mol. The lowest BCUT2D eigenvalue weighted by molar-refractivity contribution is 0.102. The van der Waals surface area contributed by atoms with Gasteiger partial charge >= 0.3 is 0 Å². The molecule has 2 aromatic heterocycles. The lowest BCUT2D eigenvalue weighted by atomic mass is 10.0. The topological polar surface area (TPSA) is 58.1 Å². The van der Waals surface area contributed by atoms with Gasteiger partial charge in [-0.1, -0.05) is 18.2 Å². The lowest BCUT2D eigenvalue weighted by Gasteiger charge is -2.18. The van der Waals surface area contributed by atoms with Crippen molar-refractivity contribution in [2.24, 2.45) is 0 Å². The molecule has 0 unspecified atom stereocenters. The second kappa shape index (κ2) is 7.95. The van der Waals surface area contributed by atoms with E-state index in [1.54, 1.807) is 12.4 Å². The van der Waals surface area contributed by atoms with Crippen LogP contribution in [0.5, 0.6) is 0 Å². The molecule has 1 aliphatic rings. The van der Waals surface area contributed by atoms with E-state index in [0.29, 0.717) is 5.56 Å². The number of carbonyl (C=O) groups is 1. The number of nitrogens with zero attached hydrogens (tertiary/aromatic N) is 3. The zero-order valence-corrected chi connectivity index (χ0v) is 16.6. The Balaban J connectivity index is 1.46. The molecule has 5 rings (SSSR count). The molecular weight excluding hydrogens is 372 g/mol. The number of anilines is 2. The van der Waals surface area contributed by atoms with E-state index in [2.05, 4.69) is 27.3 Å². The third-order valence-electron chi connectivity index (χ3n) is 5.51. The number of amides is 1. The van der Waals surface area contributed by atoms with Crippen LogP contribution >= 0.6 is 0 Å². The molecule has 1 saturated heterocycles. The highest BCUT2D eigenvalue weighted by Crippen LogP contribution is 2.26. The second-order valence-electron chi connectivity index (χ2n) is 7.51. The van der Waals surface area contributed by atoms with Crippen molar-refractivity contribution in [3.8, 4) is 11.3 Å². The second-order valence-corrected chi connectivity index (χ2v) is 7.51. The van der Waals surface area contributed by atoms with Gasteiger partial charge in [0.1, 0.15) is 0 Å². The van der Waals surface area contributed by atoms with Crippen molar-refractivity contribution in [2.75, 3.05) is 23.3 Å². The Morgan fingerprint density at radius 3 is 2.50 bits per heavy atom. The van der Waals surface area contributed by atoms with Gasteiger partial charge in [0.2, 0.25) is 0 Å². The van der Waals surface area contributed by atoms with Crippen LogP contribution in [0.25, 0.3) is 22.2 Å². The van der Waals surface area contributed by atoms with Crippen LogP contribution in [0.4, 0.5) is 11.4 Å². The number of nitrogens with one attached hydrogen (secondary N) is 1. The van der Waals surface area contributed by atoms with Gasteiger partial charge in [0, 0.05) is 47.8 Å². The number of para-hydroxylation sites is 1. The summed E-state index contributed by atoms with van der Waals surface area (Å²) < 4.78 is 0. The molecule has 0 bridgehead atoms. The van der Waals surface area contributed by atoms with Gasteiger partial charge in [-0.15, -0.1) is 0 Å². The molecule has 0 aliphatic carbocycles. The van der Waals surface area contributed by atoms with Gasteiger partial charge < -0.3 is 10.2 Å². The van der Waals surface area contributed by atoms with E-state index in [1.807, 2.05) is 54.6 Å². The molecule has 0 atom stereocenters. The number of hydrogen-bond donors (Lipinski definition) is 1. The lowest BCUT2D eigenvalue weighted by Crippen LogP contribution is -2.17. The number of rotatable bonds is 4. The zero-order valence-electron chi connectivity index (χ0n) is 16.6. The van der Waals surface area contributed by atoms with E-state index >= 15 is 0 Å². The third-order valence-corrected chi connectivity index (χ3v) is 5.51. The van der Waals surface area contributed by atoms with Crippen LogP contribution in [0.1, 0.15) is 23.2 Å². The number of aromatic nitrogens is 2. The van der Waals surface area contributed by atoms with Crippen molar-refractivity contribution < 1.29 is 4.79 Å². The Bertz CT molecular complexity index is 1180. The van der Waals surface area contributed by atoms with E-state index in [9.17, 15) is 4.79 Å². The van der Waals surface area contributed by atoms with Crippen molar-refractivity contribution in [2.45, 2.75) is 12.8 Å². The molecule has 1 fully saturated rings. The largest absolute Gasteiger partial charge is 0.372 e. The summed E-state index contributed by atoms with van der Waals surface area (Å²) in [5, 5.41) is 3.88. The van der Waals surface area contributed by atoms with Crippen molar-refractivity contribution in [1.29, 1.82) is 0 Å². The standard InChI is InChI=1S/C25H22N4O/c30-25(27-19-9-11-20(12-10-19)29-14-3-4-15-29)22-16-24(18-6-5-13-26-17-18)28-23-8-2-1-7-21(22)23/h1-2,5-13,16-17H,3-4,14-15H2,(H,27,30). The molecule has 0 radical (unpaired) electrons. The van der Waals surface area contributed by atoms with Crippen molar-refractivity contribution in [3.63, 3.8) is 0 Å². The predicted octanol–water partition coefficient (Wildman–Crippen LogP) is 5.15. The first-order valence-corrected chi connectivity index (χ1v) is 10.2. The molecule has 5 heteroatoms. The monoisotopic (exact) mass is 394 g/mol. The third kappa shape index (κ3) is 3.62. The average molecular weight is 394 g/mol. The molecule has 4 aromatic rings. The Kier molecular flexibility index (Phi) is 4.85. The molecule has 30 heavy (non-hydrogen) atoms. The summed E-state index contributed by atoms with van der Waals surface area (Å²) in [6.45, 7) is 2.21. The van der Waals surface area contributed by atoms with E-state index in [-0.39, 0.29) is 5.91 Å². The van der Waals surface area contributed by atoms with E-state index in [0.717, 1.165) is 40.9 Å². The Hall–Kier alpha value is -3.73. The smallest absolute Gasteiger partial charge is 0.256 e. The highest BCUT2D eigenvalue weighted by atomic mass is 16.1. The minimum atomic E-state index is -0.146. The summed E-state index contributed by atoms with van der Waals surface area (Å²) >= 11 is 0. The molecule has 3 heterocycles. The Morgan fingerprint density at radius 1 is 0.933 bits per heavy atom. The molecule has 1 N–H and O–H groups in total. The highest BCUT2D eigenvalue weighted by molar-refractivity contribution is 6.13. The van der Waals surface area contributed by atoms with Gasteiger partial charge in [0.25, 0.3) is 5.91 Å². The van der Waals surface area contributed by atoms with Crippen LogP contribution in [0.3, 0.4) is 0 Å². The number of benzene rings is 2.